The van der Waals surface area contributed by atoms with Crippen molar-refractivity contribution in [3.05, 3.63) is 47.3 Å². The third kappa shape index (κ3) is 2.06. The largest absolute Gasteiger partial charge is 0.494 e. The van der Waals surface area contributed by atoms with Gasteiger partial charge in [0.25, 0.3) is 0 Å². The van der Waals surface area contributed by atoms with Crippen molar-refractivity contribution in [2.45, 2.75) is 0 Å². The van der Waals surface area contributed by atoms with Gasteiger partial charge in [-0.3, -0.25) is 0 Å². The monoisotopic (exact) mass is 293 g/mol. The first-order valence-corrected chi connectivity index (χ1v) is 5.09. The molecule has 2 aromatic rings. The van der Waals surface area contributed by atoms with Crippen molar-refractivity contribution in [3.63, 3.8) is 0 Å². The summed E-state index contributed by atoms with van der Waals surface area (Å²) >= 11 is 0. The summed E-state index contributed by atoms with van der Waals surface area (Å²) in [5.74, 6) is -12.2. The molecule has 0 spiro atoms. The topological polar surface area (TPSA) is 22.1 Å². The number of nitrogens with zero attached hydrogens (tertiary/aromatic N) is 1. The van der Waals surface area contributed by atoms with E-state index in [0.29, 0.717) is 6.07 Å². The zero-order valence-corrected chi connectivity index (χ0v) is 9.78. The van der Waals surface area contributed by atoms with Crippen LogP contribution in [-0.4, -0.2) is 12.1 Å². The van der Waals surface area contributed by atoms with Crippen molar-refractivity contribution >= 4 is 0 Å². The highest BCUT2D eigenvalue weighted by molar-refractivity contribution is 5.71. The molecule has 1 aromatic carbocycles. The van der Waals surface area contributed by atoms with Gasteiger partial charge < -0.3 is 4.74 Å². The Morgan fingerprint density at radius 2 is 1.35 bits per heavy atom. The lowest BCUT2D eigenvalue weighted by Gasteiger charge is -2.11. The van der Waals surface area contributed by atoms with Crippen molar-refractivity contribution in [1.29, 1.82) is 0 Å². The molecule has 8 heteroatoms. The van der Waals surface area contributed by atoms with Crippen LogP contribution in [0.4, 0.5) is 26.3 Å². The molecule has 2 rings (SSSR count). The first-order chi connectivity index (χ1) is 9.38. The van der Waals surface area contributed by atoms with Crippen molar-refractivity contribution in [3.8, 4) is 16.9 Å². The fourth-order valence-corrected chi connectivity index (χ4v) is 1.62. The van der Waals surface area contributed by atoms with E-state index in [4.69, 9.17) is 0 Å². The molecule has 0 fully saturated rings. The molecule has 0 radical (unpaired) electrons. The van der Waals surface area contributed by atoms with E-state index >= 15 is 0 Å². The molecule has 0 atom stereocenters. The summed E-state index contributed by atoms with van der Waals surface area (Å²) in [4.78, 5) is 3.16. The average molecular weight is 293 g/mol. The third-order valence-electron chi connectivity index (χ3n) is 2.53. The molecule has 0 bridgehead atoms. The lowest BCUT2D eigenvalue weighted by molar-refractivity contribution is 0.379. The molecular weight excluding hydrogens is 288 g/mol. The fraction of sp³-hybridized carbons (Fsp3) is 0.0833. The molecule has 0 saturated carbocycles. The van der Waals surface area contributed by atoms with Gasteiger partial charge in [-0.05, 0) is 0 Å². The zero-order valence-electron chi connectivity index (χ0n) is 9.78. The van der Waals surface area contributed by atoms with E-state index in [1.54, 1.807) is 0 Å². The first-order valence-electron chi connectivity index (χ1n) is 5.09. The molecule has 1 heterocycles. The quantitative estimate of drug-likeness (QED) is 0.365. The normalized spacial score (nSPS) is 10.8. The Morgan fingerprint density at radius 3 is 1.85 bits per heavy atom. The Kier molecular flexibility index (Phi) is 3.56. The smallest absolute Gasteiger partial charge is 0.213 e. The standard InChI is InChI=1S/C12H5F6NO/c1-20-5-3-19-6(13)2-4(5)7-8(14)10(16)12(18)11(17)9(7)15/h2-3H,1H3. The van der Waals surface area contributed by atoms with E-state index in [2.05, 4.69) is 9.72 Å². The number of methoxy groups -OCH3 is 1. The Balaban J connectivity index is 2.86. The molecule has 20 heavy (non-hydrogen) atoms. The average Bonchev–Trinajstić information content (AvgIpc) is 2.43. The minimum atomic E-state index is -2.29. The molecule has 0 aliphatic carbocycles. The fourth-order valence-electron chi connectivity index (χ4n) is 1.62. The minimum Gasteiger partial charge on any atom is -0.494 e. The molecular formula is C12H5F6NO. The van der Waals surface area contributed by atoms with E-state index in [1.807, 2.05) is 0 Å². The second kappa shape index (κ2) is 5.03. The number of rotatable bonds is 2. The summed E-state index contributed by atoms with van der Waals surface area (Å²) in [7, 11) is 1.07. The lowest BCUT2D eigenvalue weighted by Crippen LogP contribution is -2.05. The molecule has 106 valence electrons. The van der Waals surface area contributed by atoms with Crippen molar-refractivity contribution < 1.29 is 31.1 Å². The Morgan fingerprint density at radius 1 is 0.850 bits per heavy atom. The lowest BCUT2D eigenvalue weighted by atomic mass is 10.0. The molecule has 0 aliphatic heterocycles. The van der Waals surface area contributed by atoms with Crippen molar-refractivity contribution in [1.82, 2.24) is 4.98 Å². The zero-order chi connectivity index (χ0) is 15.0. The summed E-state index contributed by atoms with van der Waals surface area (Å²) < 4.78 is 84.1. The van der Waals surface area contributed by atoms with Crippen molar-refractivity contribution in [2.24, 2.45) is 0 Å². The number of aromatic nitrogens is 1. The highest BCUT2D eigenvalue weighted by atomic mass is 19.2. The Labute approximate surface area is 108 Å². The predicted molar refractivity (Wildman–Crippen MR) is 56.0 cm³/mol. The van der Waals surface area contributed by atoms with Crippen LogP contribution in [0, 0.1) is 35.0 Å². The van der Waals surface area contributed by atoms with Crippen LogP contribution < -0.4 is 4.74 Å². The number of benzene rings is 1. The minimum absolute atomic E-state index is 0.338. The van der Waals surface area contributed by atoms with Crippen LogP contribution in [0.2, 0.25) is 0 Å². The highest BCUT2D eigenvalue weighted by Crippen LogP contribution is 2.36. The van der Waals surface area contributed by atoms with E-state index < -0.39 is 46.2 Å². The van der Waals surface area contributed by atoms with Crippen LogP contribution in [0.3, 0.4) is 0 Å². The molecule has 0 N–H and O–H groups in total. The molecule has 0 unspecified atom stereocenters. The number of halogens is 6. The van der Waals surface area contributed by atoms with Gasteiger partial charge in [-0.2, -0.15) is 4.39 Å². The highest BCUT2D eigenvalue weighted by Gasteiger charge is 2.28. The van der Waals surface area contributed by atoms with Gasteiger partial charge in [-0.25, -0.2) is 26.9 Å². The van der Waals surface area contributed by atoms with Gasteiger partial charge in [0.1, 0.15) is 5.75 Å². The van der Waals surface area contributed by atoms with Crippen LogP contribution in [0.1, 0.15) is 0 Å². The number of hydrogen-bond acceptors (Lipinski definition) is 2. The second-order valence-corrected chi connectivity index (χ2v) is 3.65. The molecule has 0 saturated heterocycles. The van der Waals surface area contributed by atoms with Gasteiger partial charge in [-0.15, -0.1) is 0 Å². The molecule has 0 aliphatic rings. The molecule has 1 aromatic heterocycles. The van der Waals surface area contributed by atoms with Crippen LogP contribution in [0.25, 0.3) is 11.1 Å². The summed E-state index contributed by atoms with van der Waals surface area (Å²) in [5.41, 5.74) is -1.91. The number of hydrogen-bond donors (Lipinski definition) is 0. The third-order valence-corrected chi connectivity index (χ3v) is 2.53. The summed E-state index contributed by atoms with van der Waals surface area (Å²) in [5, 5.41) is 0. The van der Waals surface area contributed by atoms with Gasteiger partial charge in [-0.1, -0.05) is 0 Å². The van der Waals surface area contributed by atoms with Gasteiger partial charge in [0.2, 0.25) is 11.8 Å². The van der Waals surface area contributed by atoms with E-state index in [1.165, 1.54) is 0 Å². The van der Waals surface area contributed by atoms with E-state index in [-0.39, 0.29) is 5.75 Å². The van der Waals surface area contributed by atoms with Gasteiger partial charge in [0.05, 0.1) is 18.9 Å². The van der Waals surface area contributed by atoms with Crippen LogP contribution in [0.5, 0.6) is 5.75 Å². The number of pyridine rings is 1. The maximum atomic E-state index is 13.6. The van der Waals surface area contributed by atoms with E-state index in [9.17, 15) is 26.3 Å². The maximum absolute atomic E-state index is 13.6. The van der Waals surface area contributed by atoms with Crippen LogP contribution >= 0.6 is 0 Å². The molecule has 0 amide bonds. The van der Waals surface area contributed by atoms with E-state index in [0.717, 1.165) is 13.3 Å². The maximum Gasteiger partial charge on any atom is 0.213 e. The Hall–Kier alpha value is -2.25. The van der Waals surface area contributed by atoms with Gasteiger partial charge in [0, 0.05) is 11.6 Å². The van der Waals surface area contributed by atoms with Gasteiger partial charge in [0.15, 0.2) is 23.3 Å². The summed E-state index contributed by atoms with van der Waals surface area (Å²) in [6, 6.07) is 0.511. The van der Waals surface area contributed by atoms with Crippen molar-refractivity contribution in [2.75, 3.05) is 7.11 Å². The SMILES string of the molecule is COc1cnc(F)cc1-c1c(F)c(F)c(F)c(F)c1F. The number of ether oxygens (including phenoxy) is 1. The van der Waals surface area contributed by atoms with Crippen LogP contribution in [0.15, 0.2) is 12.3 Å². The summed E-state index contributed by atoms with van der Waals surface area (Å²) in [6.07, 6.45) is 0.767. The predicted octanol–water partition coefficient (Wildman–Crippen LogP) is 3.59. The first kappa shape index (κ1) is 14.2. The summed E-state index contributed by atoms with van der Waals surface area (Å²) in [6.45, 7) is 0. The van der Waals surface area contributed by atoms with Gasteiger partial charge >= 0.3 is 0 Å². The van der Waals surface area contributed by atoms with Crippen LogP contribution in [-0.2, 0) is 0 Å². The molecule has 2 nitrogen and oxygen atoms in total. The second-order valence-electron chi connectivity index (χ2n) is 3.65. The Bertz CT molecular complexity index is 659.